The van der Waals surface area contributed by atoms with Crippen molar-refractivity contribution in [2.45, 2.75) is 103 Å². The van der Waals surface area contributed by atoms with E-state index in [4.69, 9.17) is 21.7 Å². The predicted octanol–water partition coefficient (Wildman–Crippen LogP) is 8.99. The Morgan fingerprint density at radius 2 is 1.55 bits per heavy atom. The van der Waals surface area contributed by atoms with Crippen LogP contribution in [0.3, 0.4) is 0 Å². The fourth-order valence-corrected chi connectivity index (χ4v) is 9.74. The number of nitrogens with zero attached hydrogens (tertiary/aromatic N) is 6. The van der Waals surface area contributed by atoms with Crippen LogP contribution in [0.2, 0.25) is 0 Å². The van der Waals surface area contributed by atoms with Crippen LogP contribution in [0.25, 0.3) is 22.4 Å². The molecule has 2 aliphatic rings. The van der Waals surface area contributed by atoms with Gasteiger partial charge in [0.2, 0.25) is 11.8 Å². The summed E-state index contributed by atoms with van der Waals surface area (Å²) in [4.78, 5) is 62.9. The quantitative estimate of drug-likeness (QED) is 0.0635. The van der Waals surface area contributed by atoms with Gasteiger partial charge in [0.15, 0.2) is 10.9 Å². The number of nitriles is 1. The van der Waals surface area contributed by atoms with E-state index in [2.05, 4.69) is 10.3 Å². The van der Waals surface area contributed by atoms with Crippen molar-refractivity contribution in [3.63, 3.8) is 0 Å². The van der Waals surface area contributed by atoms with Crippen LogP contribution in [-0.2, 0) is 37.1 Å². The number of benzene rings is 4. The Hall–Kier alpha value is -6.94. The molecule has 2 aliphatic heterocycles. The fourth-order valence-electron chi connectivity index (χ4n) is 9.22. The number of anilines is 2. The third kappa shape index (κ3) is 12.1. The zero-order valence-corrected chi connectivity index (χ0v) is 42.7. The van der Waals surface area contributed by atoms with Crippen molar-refractivity contribution in [2.24, 2.45) is 12.5 Å². The lowest BCUT2D eigenvalue weighted by atomic mass is 9.85. The monoisotopic (exact) mass is 1020 g/mol. The Labute approximate surface area is 428 Å². The number of ether oxygens (including phenoxy) is 2. The van der Waals surface area contributed by atoms with Gasteiger partial charge in [-0.1, -0.05) is 76.2 Å². The number of ketones is 1. The molecule has 0 aliphatic carbocycles. The number of imidazole rings is 1. The molecule has 14 nitrogen and oxygen atoms in total. The second-order valence-corrected chi connectivity index (χ2v) is 20.5. The Balaban J connectivity index is 0.847. The molecule has 0 saturated carbocycles. The largest absolute Gasteiger partial charge is 0.494 e. The average Bonchev–Trinajstić information content (AvgIpc) is 4.01. The van der Waals surface area contributed by atoms with Crippen LogP contribution in [0.5, 0.6) is 5.75 Å². The average molecular weight is 1020 g/mol. The number of alkyl halides is 3. The number of halogens is 3. The van der Waals surface area contributed by atoms with Crippen molar-refractivity contribution in [1.29, 1.82) is 5.26 Å². The number of aliphatic hydroxyl groups is 1. The van der Waals surface area contributed by atoms with E-state index in [1.54, 1.807) is 49.5 Å². The Morgan fingerprint density at radius 3 is 2.15 bits per heavy atom. The number of rotatable bonds is 18. The maximum atomic E-state index is 14.1. The molecule has 2 fully saturated rings. The third-order valence-electron chi connectivity index (χ3n) is 13.3. The van der Waals surface area contributed by atoms with Gasteiger partial charge in [0.05, 0.1) is 59.9 Å². The second-order valence-electron chi connectivity index (χ2n) is 20.2. The Kier molecular flexibility index (Phi) is 16.3. The molecule has 0 spiro atoms. The van der Waals surface area contributed by atoms with Gasteiger partial charge in [0, 0.05) is 38.7 Å². The van der Waals surface area contributed by atoms with E-state index in [0.29, 0.717) is 30.9 Å². The van der Waals surface area contributed by atoms with Crippen LogP contribution in [-0.4, -0.2) is 98.3 Å². The van der Waals surface area contributed by atoms with Crippen molar-refractivity contribution in [3.8, 4) is 34.2 Å². The molecule has 0 radical (unpaired) electrons. The Morgan fingerprint density at radius 1 is 0.932 bits per heavy atom. The van der Waals surface area contributed by atoms with Gasteiger partial charge in [-0.2, -0.15) is 18.4 Å². The van der Waals surface area contributed by atoms with Gasteiger partial charge in [0.1, 0.15) is 23.9 Å². The van der Waals surface area contributed by atoms with E-state index in [-0.39, 0.29) is 55.1 Å². The molecule has 2 N–H and O–H groups in total. The standard InChI is InChI=1S/C55H60F3N7O7S/c1-34(35-10-12-38(13-11-35)46-30-60-33-62(46)7)26-47(67)45-28-42(66)31-63(45)50(69)49(53(2,3)4)61-48(68)32-71-24-8-9-25-72-43-22-17-37(18-23-43)36-14-19-40(20-15-36)65-52(73)64(51(70)54(65,5)6)41-21-16-39(29-59)44(27-41)55(56,57)58/h10-23,27,30,33-34,42,45,49,66H,8-9,24-26,28,31-32H2,1-7H3,(H,61,68)/t34-,42-,45+,49-/m1/s1. The number of hydrogen-bond donors (Lipinski definition) is 2. The zero-order valence-electron chi connectivity index (χ0n) is 41.9. The number of thiocarbonyl (C=S) groups is 1. The van der Waals surface area contributed by atoms with E-state index in [9.17, 15) is 42.7 Å². The lowest BCUT2D eigenvalue weighted by molar-refractivity contribution is -0.144. The van der Waals surface area contributed by atoms with E-state index in [1.165, 1.54) is 11.0 Å². The molecule has 2 saturated heterocycles. The molecule has 18 heteroatoms. The highest BCUT2D eigenvalue weighted by Gasteiger charge is 2.51. The number of aliphatic hydroxyl groups excluding tert-OH is 1. The molecule has 7 rings (SSSR count). The first kappa shape index (κ1) is 53.8. The molecule has 3 amide bonds. The summed E-state index contributed by atoms with van der Waals surface area (Å²) in [5, 5.41) is 22.7. The number of β-amino-alcohol motifs (C(OH)–C–C–N with tert-alkyl or cyclic N) is 1. The van der Waals surface area contributed by atoms with Crippen LogP contribution in [0.4, 0.5) is 24.5 Å². The van der Waals surface area contributed by atoms with Crippen molar-refractivity contribution in [1.82, 2.24) is 19.8 Å². The maximum absolute atomic E-state index is 14.1. The number of aromatic nitrogens is 2. The van der Waals surface area contributed by atoms with Crippen LogP contribution < -0.4 is 19.9 Å². The van der Waals surface area contributed by atoms with Gasteiger partial charge in [-0.15, -0.1) is 0 Å². The van der Waals surface area contributed by atoms with Crippen molar-refractivity contribution in [2.75, 3.05) is 36.2 Å². The van der Waals surface area contributed by atoms with Gasteiger partial charge in [-0.25, -0.2) is 4.98 Å². The molecular weight excluding hydrogens is 960 g/mol. The van der Waals surface area contributed by atoms with Crippen LogP contribution in [0, 0.1) is 16.7 Å². The number of aryl methyl sites for hydroxylation is 1. The minimum Gasteiger partial charge on any atom is -0.494 e. The first-order valence-electron chi connectivity index (χ1n) is 24.1. The summed E-state index contributed by atoms with van der Waals surface area (Å²) in [6, 6.07) is 25.6. The fraction of sp³-hybridized carbons (Fsp3) is 0.400. The van der Waals surface area contributed by atoms with E-state index in [0.717, 1.165) is 45.0 Å². The number of amides is 3. The van der Waals surface area contributed by atoms with E-state index < -0.39 is 64.2 Å². The minimum atomic E-state index is -4.80. The summed E-state index contributed by atoms with van der Waals surface area (Å²) in [5.41, 5.74) is 1.54. The van der Waals surface area contributed by atoms with Gasteiger partial charge < -0.3 is 34.3 Å². The van der Waals surface area contributed by atoms with Crippen LogP contribution in [0.15, 0.2) is 104 Å². The predicted molar refractivity (Wildman–Crippen MR) is 274 cm³/mol. The number of likely N-dealkylation sites (tertiary alicyclic amines) is 1. The number of carbonyl (C=O) groups is 4. The number of nitrogens with one attached hydrogen (secondary N) is 1. The summed E-state index contributed by atoms with van der Waals surface area (Å²) in [6.07, 6.45) is -0.592. The van der Waals surface area contributed by atoms with Gasteiger partial charge in [-0.3, -0.25) is 24.1 Å². The van der Waals surface area contributed by atoms with E-state index >= 15 is 0 Å². The van der Waals surface area contributed by atoms with Crippen molar-refractivity contribution < 1.29 is 46.9 Å². The normalized spacial score (nSPS) is 17.6. The summed E-state index contributed by atoms with van der Waals surface area (Å²) < 4.78 is 54.9. The molecule has 5 aromatic rings. The van der Waals surface area contributed by atoms with Crippen molar-refractivity contribution >= 4 is 52.2 Å². The Bertz CT molecular complexity index is 2870. The molecule has 384 valence electrons. The maximum Gasteiger partial charge on any atom is 0.417 e. The van der Waals surface area contributed by atoms with Gasteiger partial charge >= 0.3 is 6.18 Å². The molecule has 0 bridgehead atoms. The van der Waals surface area contributed by atoms with Crippen molar-refractivity contribution in [3.05, 3.63) is 120 Å². The molecule has 3 heterocycles. The number of hydrogen-bond acceptors (Lipinski definition) is 10. The highest BCUT2D eigenvalue weighted by atomic mass is 32.1. The van der Waals surface area contributed by atoms with Gasteiger partial charge in [-0.05, 0) is 115 Å². The van der Waals surface area contributed by atoms with Crippen LogP contribution >= 0.6 is 12.2 Å². The van der Waals surface area contributed by atoms with Gasteiger partial charge in [0.25, 0.3) is 5.91 Å². The number of carbonyl (C=O) groups excluding carboxylic acids is 4. The summed E-state index contributed by atoms with van der Waals surface area (Å²) >= 11 is 5.67. The minimum absolute atomic E-state index is 0.00386. The summed E-state index contributed by atoms with van der Waals surface area (Å²) in [6.45, 7) is 11.1. The topological polar surface area (TPSA) is 170 Å². The molecule has 0 unspecified atom stereocenters. The van der Waals surface area contributed by atoms with Crippen LogP contribution in [0.1, 0.15) is 89.8 Å². The molecule has 1 aromatic heterocycles. The smallest absolute Gasteiger partial charge is 0.417 e. The second kappa shape index (κ2) is 22.0. The first-order chi connectivity index (χ1) is 34.5. The first-order valence-corrected chi connectivity index (χ1v) is 24.5. The third-order valence-corrected chi connectivity index (χ3v) is 13.7. The number of unbranched alkanes of at least 4 members (excludes halogenated alkanes) is 1. The molecule has 4 aromatic carbocycles. The zero-order chi connectivity index (χ0) is 53.0. The number of Topliss-reactive ketones (excluding diaryl/α,β-unsaturated/α-hetero) is 1. The summed E-state index contributed by atoms with van der Waals surface area (Å²) in [7, 11) is 1.92. The summed E-state index contributed by atoms with van der Waals surface area (Å²) in [5.74, 6) is -1.04. The molecule has 73 heavy (non-hydrogen) atoms. The molecule has 4 atom stereocenters. The SMILES string of the molecule is C[C@H](CC(=O)[C@@H]1C[C@@H](O)CN1C(=O)[C@@H](NC(=O)COCCCCOc1ccc(-c2ccc(N3C(=S)N(c4ccc(C#N)c(C(F)(F)F)c4)C(=O)C3(C)C)cc2)cc1)C(C)(C)C)c1ccc(-c2cncn2C)cc1. The highest BCUT2D eigenvalue weighted by molar-refractivity contribution is 7.81. The lowest BCUT2D eigenvalue weighted by Gasteiger charge is -2.35. The highest BCUT2D eigenvalue weighted by Crippen LogP contribution is 2.40. The molecular formula is C55H60F3N7O7S. The lowest BCUT2D eigenvalue weighted by Crippen LogP contribution is -2.57. The van der Waals surface area contributed by atoms with E-state index in [1.807, 2.05) is 100.0 Å².